The smallest absolute Gasteiger partial charge is 0.372 e. The second kappa shape index (κ2) is 8.78. The molecule has 5 nitrogen and oxygen atoms in total. The largest absolute Gasteiger partial charge is 0.427 e. The van der Waals surface area contributed by atoms with E-state index in [0.29, 0.717) is 17.7 Å². The quantitative estimate of drug-likeness (QED) is 0.562. The number of halogens is 5. The molecule has 2 aromatic carbocycles. The maximum Gasteiger partial charge on any atom is 0.427 e. The molecular formula is C21H20F5NO4S. The van der Waals surface area contributed by atoms with Gasteiger partial charge in [-0.25, -0.2) is 17.2 Å². The predicted octanol–water partition coefficient (Wildman–Crippen LogP) is 4.07. The lowest BCUT2D eigenvalue weighted by molar-refractivity contribution is -0.305. The molecule has 0 spiro atoms. The van der Waals surface area contributed by atoms with Crippen molar-refractivity contribution in [2.75, 3.05) is 11.1 Å². The average molecular weight is 477 g/mol. The normalized spacial score (nSPS) is 16.6. The Hall–Kier alpha value is -2.53. The number of amides is 1. The molecular weight excluding hydrogens is 457 g/mol. The molecule has 1 amide bonds. The number of aliphatic hydroxyl groups is 1. The minimum Gasteiger partial charge on any atom is -0.372 e. The number of carbonyl (C=O) groups is 1. The van der Waals surface area contributed by atoms with E-state index in [1.807, 2.05) is 0 Å². The Labute approximate surface area is 181 Å². The van der Waals surface area contributed by atoms with Crippen molar-refractivity contribution in [2.45, 2.75) is 42.4 Å². The van der Waals surface area contributed by atoms with Crippen LogP contribution in [-0.4, -0.2) is 37.8 Å². The fourth-order valence-corrected chi connectivity index (χ4v) is 4.81. The molecule has 1 atom stereocenters. The van der Waals surface area contributed by atoms with E-state index in [-0.39, 0.29) is 28.7 Å². The summed E-state index contributed by atoms with van der Waals surface area (Å²) in [5, 5.41) is 11.9. The van der Waals surface area contributed by atoms with Crippen LogP contribution in [0.15, 0.2) is 53.4 Å². The predicted molar refractivity (Wildman–Crippen MR) is 106 cm³/mol. The van der Waals surface area contributed by atoms with Crippen molar-refractivity contribution < 1.29 is 40.3 Å². The van der Waals surface area contributed by atoms with Crippen molar-refractivity contribution in [3.63, 3.8) is 0 Å². The van der Waals surface area contributed by atoms with Gasteiger partial charge in [-0.1, -0.05) is 24.3 Å². The summed E-state index contributed by atoms with van der Waals surface area (Å²) in [6, 6.07) is 9.08. The van der Waals surface area contributed by atoms with Crippen LogP contribution >= 0.6 is 0 Å². The molecule has 2 N–H and O–H groups in total. The molecule has 1 saturated carbocycles. The van der Waals surface area contributed by atoms with Gasteiger partial charge in [0, 0.05) is 5.69 Å². The Morgan fingerprint density at radius 1 is 1.03 bits per heavy atom. The highest BCUT2D eigenvalue weighted by atomic mass is 32.2. The van der Waals surface area contributed by atoms with Gasteiger partial charge in [0.15, 0.2) is 9.84 Å². The molecule has 0 bridgehead atoms. The Bertz CT molecular complexity index is 1060. The summed E-state index contributed by atoms with van der Waals surface area (Å²) in [5.41, 5.74) is -4.83. The number of benzene rings is 2. The van der Waals surface area contributed by atoms with Crippen molar-refractivity contribution in [1.82, 2.24) is 0 Å². The second-order valence-corrected chi connectivity index (χ2v) is 9.77. The van der Waals surface area contributed by atoms with Crippen LogP contribution in [0.5, 0.6) is 0 Å². The summed E-state index contributed by atoms with van der Waals surface area (Å²) in [6.45, 7) is 0. The van der Waals surface area contributed by atoms with E-state index in [0.717, 1.165) is 25.0 Å². The zero-order valence-electron chi connectivity index (χ0n) is 16.6. The lowest BCUT2D eigenvalue weighted by Gasteiger charge is -2.30. The molecule has 32 heavy (non-hydrogen) atoms. The van der Waals surface area contributed by atoms with Gasteiger partial charge in [0.05, 0.1) is 17.1 Å². The average Bonchev–Trinajstić information content (AvgIpc) is 3.50. The zero-order chi connectivity index (χ0) is 23.7. The van der Waals surface area contributed by atoms with E-state index in [1.54, 1.807) is 0 Å². The summed E-state index contributed by atoms with van der Waals surface area (Å²) in [7, 11) is -3.38. The van der Waals surface area contributed by atoms with Crippen molar-refractivity contribution in [2.24, 2.45) is 5.92 Å². The molecule has 174 valence electrons. The van der Waals surface area contributed by atoms with Crippen LogP contribution in [0, 0.1) is 5.92 Å². The second-order valence-electron chi connectivity index (χ2n) is 7.74. The van der Waals surface area contributed by atoms with Gasteiger partial charge < -0.3 is 10.4 Å². The first-order chi connectivity index (χ1) is 14.8. The Balaban J connectivity index is 1.64. The van der Waals surface area contributed by atoms with Crippen LogP contribution in [0.2, 0.25) is 0 Å². The lowest BCUT2D eigenvalue weighted by Crippen LogP contribution is -2.48. The van der Waals surface area contributed by atoms with Gasteiger partial charge in [-0.15, -0.1) is 0 Å². The summed E-state index contributed by atoms with van der Waals surface area (Å²) < 4.78 is 89.1. The monoisotopic (exact) mass is 477 g/mol. The third-order valence-corrected chi connectivity index (χ3v) is 7.06. The van der Waals surface area contributed by atoms with Crippen LogP contribution in [0.3, 0.4) is 0 Å². The summed E-state index contributed by atoms with van der Waals surface area (Å²) in [5.74, 6) is -0.256. The van der Waals surface area contributed by atoms with Crippen LogP contribution in [0.1, 0.15) is 24.0 Å². The van der Waals surface area contributed by atoms with E-state index >= 15 is 0 Å². The number of nitrogens with one attached hydrogen (secondary N) is 1. The topological polar surface area (TPSA) is 83.5 Å². The van der Waals surface area contributed by atoms with Crippen molar-refractivity contribution in [3.8, 4) is 0 Å². The molecule has 0 heterocycles. The van der Waals surface area contributed by atoms with Crippen LogP contribution < -0.4 is 5.32 Å². The van der Waals surface area contributed by atoms with Crippen molar-refractivity contribution in [3.05, 3.63) is 59.7 Å². The Morgan fingerprint density at radius 2 is 1.59 bits per heavy atom. The van der Waals surface area contributed by atoms with E-state index in [1.165, 1.54) is 24.3 Å². The van der Waals surface area contributed by atoms with Crippen molar-refractivity contribution >= 4 is 21.4 Å². The first-order valence-corrected chi connectivity index (χ1v) is 11.3. The van der Waals surface area contributed by atoms with Gasteiger partial charge in [-0.05, 0) is 54.2 Å². The highest BCUT2D eigenvalue weighted by Gasteiger charge is 2.61. The number of hydrogen-bond donors (Lipinski definition) is 2. The van der Waals surface area contributed by atoms with Gasteiger partial charge in [-0.3, -0.25) is 4.79 Å². The van der Waals surface area contributed by atoms with Gasteiger partial charge in [-0.2, -0.15) is 13.2 Å². The van der Waals surface area contributed by atoms with Gasteiger partial charge in [0.1, 0.15) is 0 Å². The van der Waals surface area contributed by atoms with Crippen LogP contribution in [0.25, 0.3) is 0 Å². The minimum atomic E-state index is -5.59. The molecule has 3 rings (SSSR count). The molecule has 1 aliphatic rings. The van der Waals surface area contributed by atoms with E-state index in [9.17, 15) is 40.3 Å². The Kier molecular flexibility index (Phi) is 6.62. The summed E-state index contributed by atoms with van der Waals surface area (Å²) >= 11 is 0. The fourth-order valence-electron chi connectivity index (χ4n) is 3.12. The highest BCUT2D eigenvalue weighted by molar-refractivity contribution is 7.91. The first kappa shape index (κ1) is 24.1. The molecule has 1 aliphatic carbocycles. The molecule has 0 aromatic heterocycles. The van der Waals surface area contributed by atoms with Crippen LogP contribution in [-0.2, 0) is 26.7 Å². The first-order valence-electron chi connectivity index (χ1n) is 9.62. The van der Waals surface area contributed by atoms with Gasteiger partial charge in [0.2, 0.25) is 11.5 Å². The third kappa shape index (κ3) is 5.26. The standard InChI is InChI=1S/C21H20F5NO4S/c22-19(23)20(29,21(24,25)26)15-5-7-16(8-6-15)27-18(28)11-13-3-9-17(10-4-13)32(30,31)12-14-1-2-14/h3-10,14,19,29H,1-2,11-12H2,(H,27,28)/t20-/m0/s1. The molecule has 0 unspecified atom stereocenters. The summed E-state index contributed by atoms with van der Waals surface area (Å²) in [4.78, 5) is 12.4. The third-order valence-electron chi connectivity index (χ3n) is 5.16. The van der Waals surface area contributed by atoms with E-state index < -0.39 is 39.5 Å². The molecule has 11 heteroatoms. The number of alkyl halides is 5. The minimum absolute atomic E-state index is 0.0428. The van der Waals surface area contributed by atoms with Gasteiger partial charge >= 0.3 is 6.18 Å². The van der Waals surface area contributed by atoms with E-state index in [2.05, 4.69) is 5.32 Å². The van der Waals surface area contributed by atoms with Crippen molar-refractivity contribution in [1.29, 1.82) is 0 Å². The number of hydrogen-bond acceptors (Lipinski definition) is 4. The van der Waals surface area contributed by atoms with Gasteiger partial charge in [0.25, 0.3) is 6.43 Å². The summed E-state index contributed by atoms with van der Waals surface area (Å²) in [6.07, 6.45) is -8.04. The molecule has 0 aliphatic heterocycles. The number of rotatable bonds is 8. The zero-order valence-corrected chi connectivity index (χ0v) is 17.4. The Morgan fingerprint density at radius 3 is 2.06 bits per heavy atom. The van der Waals surface area contributed by atoms with E-state index in [4.69, 9.17) is 0 Å². The molecule has 0 saturated heterocycles. The maximum atomic E-state index is 12.9. The lowest BCUT2D eigenvalue weighted by atomic mass is 9.93. The number of sulfone groups is 1. The molecule has 2 aromatic rings. The SMILES string of the molecule is O=C(Cc1ccc(S(=O)(=O)CC2CC2)cc1)Nc1ccc([C@](O)(C(F)F)C(F)(F)F)cc1. The highest BCUT2D eigenvalue weighted by Crippen LogP contribution is 2.43. The van der Waals surface area contributed by atoms with Crippen LogP contribution in [0.4, 0.5) is 27.6 Å². The fraction of sp³-hybridized carbons (Fsp3) is 0.381. The molecule has 1 fully saturated rings. The molecule has 0 radical (unpaired) electrons. The number of anilines is 1. The number of carbonyl (C=O) groups excluding carboxylic acids is 1. The maximum absolute atomic E-state index is 12.9.